The van der Waals surface area contributed by atoms with Gasteiger partial charge in [0.25, 0.3) is 0 Å². The van der Waals surface area contributed by atoms with Gasteiger partial charge in [0.05, 0.1) is 12.0 Å². The smallest absolute Gasteiger partial charge is 0.236 e. The molecule has 0 aromatic heterocycles. The third kappa shape index (κ3) is 3.55. The molecule has 0 bridgehead atoms. The summed E-state index contributed by atoms with van der Waals surface area (Å²) in [4.78, 5) is 10.9. The van der Waals surface area contributed by atoms with Gasteiger partial charge in [0.15, 0.2) is 5.17 Å². The molecule has 0 saturated carbocycles. The molecule has 1 aliphatic rings. The van der Waals surface area contributed by atoms with Gasteiger partial charge in [-0.15, -0.1) is 5.10 Å². The summed E-state index contributed by atoms with van der Waals surface area (Å²) in [5, 5.41) is 11.5. The van der Waals surface area contributed by atoms with E-state index in [1.807, 2.05) is 12.1 Å². The number of nitrogens with one attached hydrogen (secondary N) is 1. The van der Waals surface area contributed by atoms with Crippen LogP contribution in [0.25, 0.3) is 0 Å². The molecule has 0 aliphatic carbocycles. The van der Waals surface area contributed by atoms with Gasteiger partial charge >= 0.3 is 0 Å². The summed E-state index contributed by atoms with van der Waals surface area (Å²) in [6.45, 7) is 0. The van der Waals surface area contributed by atoms with Crippen LogP contribution in [0.15, 0.2) is 32.9 Å². The van der Waals surface area contributed by atoms with E-state index in [9.17, 15) is 4.79 Å². The molecule has 1 fully saturated rings. The Bertz CT molecular complexity index is 518. The fraction of sp³-hybridized carbons (Fsp3) is 0.100. The number of amides is 1. The van der Waals surface area contributed by atoms with Crippen LogP contribution in [-0.4, -0.2) is 23.0 Å². The second-order valence-corrected chi connectivity index (χ2v) is 5.44. The Morgan fingerprint density at radius 3 is 3.06 bits per heavy atom. The number of nitrogens with zero attached hydrogens (tertiary/aromatic N) is 2. The van der Waals surface area contributed by atoms with Crippen LogP contribution in [0.2, 0.25) is 5.02 Å². The Morgan fingerprint density at radius 1 is 1.53 bits per heavy atom. The van der Waals surface area contributed by atoms with Gasteiger partial charge in [-0.25, -0.2) is 0 Å². The van der Waals surface area contributed by atoms with Crippen LogP contribution >= 0.6 is 39.3 Å². The van der Waals surface area contributed by atoms with E-state index in [1.165, 1.54) is 11.8 Å². The van der Waals surface area contributed by atoms with Crippen molar-refractivity contribution in [3.05, 3.63) is 33.3 Å². The summed E-state index contributed by atoms with van der Waals surface area (Å²) >= 11 is 10.7. The average molecular weight is 333 g/mol. The first-order valence-electron chi connectivity index (χ1n) is 4.64. The maximum Gasteiger partial charge on any atom is 0.236 e. The van der Waals surface area contributed by atoms with E-state index >= 15 is 0 Å². The normalized spacial score (nSPS) is 18.0. The zero-order valence-electron chi connectivity index (χ0n) is 8.48. The molecule has 0 atom stereocenters. The highest BCUT2D eigenvalue weighted by molar-refractivity contribution is 9.10. The lowest BCUT2D eigenvalue weighted by molar-refractivity contribution is -0.116. The number of carbonyl (C=O) groups is 1. The second-order valence-electron chi connectivity index (χ2n) is 3.15. The van der Waals surface area contributed by atoms with Crippen LogP contribution in [-0.2, 0) is 4.79 Å². The van der Waals surface area contributed by atoms with Crippen LogP contribution in [0.4, 0.5) is 0 Å². The summed E-state index contributed by atoms with van der Waals surface area (Å²) in [5.74, 6) is 0.343. The number of rotatable bonds is 2. The van der Waals surface area contributed by atoms with Crippen molar-refractivity contribution >= 4 is 56.6 Å². The maximum absolute atomic E-state index is 10.9. The minimum Gasteiger partial charge on any atom is -0.303 e. The Balaban J connectivity index is 2.10. The Hall–Kier alpha value is -0.850. The van der Waals surface area contributed by atoms with Crippen molar-refractivity contribution in [1.29, 1.82) is 0 Å². The summed E-state index contributed by atoms with van der Waals surface area (Å²) < 4.78 is 0.916. The first-order valence-corrected chi connectivity index (χ1v) is 6.79. The van der Waals surface area contributed by atoms with E-state index in [2.05, 4.69) is 31.4 Å². The standard InChI is InChI=1S/C10H7BrClN3OS/c11-7-1-2-8(12)6(3-7)4-13-15-10-14-9(16)5-17-10/h1-4H,5H2,(H,14,15,16). The quantitative estimate of drug-likeness (QED) is 0.668. The molecule has 17 heavy (non-hydrogen) atoms. The SMILES string of the molecule is O=C1CSC(=NN=Cc2cc(Br)ccc2Cl)N1. The number of hydrogen-bond donors (Lipinski definition) is 1. The largest absolute Gasteiger partial charge is 0.303 e. The van der Waals surface area contributed by atoms with Crippen molar-refractivity contribution in [2.75, 3.05) is 5.75 Å². The summed E-state index contributed by atoms with van der Waals surface area (Å²) in [6.07, 6.45) is 1.55. The molecule has 0 spiro atoms. The number of benzene rings is 1. The summed E-state index contributed by atoms with van der Waals surface area (Å²) in [6, 6.07) is 5.46. The van der Waals surface area contributed by atoms with Gasteiger partial charge in [-0.2, -0.15) is 5.10 Å². The highest BCUT2D eigenvalue weighted by Gasteiger charge is 2.15. The van der Waals surface area contributed by atoms with Gasteiger partial charge in [-0.3, -0.25) is 4.79 Å². The van der Waals surface area contributed by atoms with Crippen molar-refractivity contribution in [2.24, 2.45) is 10.2 Å². The predicted octanol–water partition coefficient (Wildman–Crippen LogP) is 2.66. The van der Waals surface area contributed by atoms with Gasteiger partial charge in [0.1, 0.15) is 0 Å². The maximum atomic E-state index is 10.9. The molecule has 7 heteroatoms. The predicted molar refractivity (Wildman–Crippen MR) is 74.8 cm³/mol. The number of thioether (sulfide) groups is 1. The fourth-order valence-electron chi connectivity index (χ4n) is 1.14. The monoisotopic (exact) mass is 331 g/mol. The van der Waals surface area contributed by atoms with Crippen molar-refractivity contribution < 1.29 is 4.79 Å². The molecule has 1 aromatic rings. The third-order valence-corrected chi connectivity index (χ3v) is 3.59. The van der Waals surface area contributed by atoms with Crippen LogP contribution in [0, 0.1) is 0 Å². The molecule has 88 valence electrons. The lowest BCUT2D eigenvalue weighted by Crippen LogP contribution is -2.19. The number of carbonyl (C=O) groups excluding carboxylic acids is 1. The van der Waals surface area contributed by atoms with Gasteiger partial charge in [0, 0.05) is 15.1 Å². The van der Waals surface area contributed by atoms with Gasteiger partial charge < -0.3 is 5.32 Å². The molecule has 4 nitrogen and oxygen atoms in total. The first-order chi connectivity index (χ1) is 8.15. The Labute approximate surface area is 116 Å². The summed E-state index contributed by atoms with van der Waals surface area (Å²) in [5.41, 5.74) is 0.764. The fourth-order valence-corrected chi connectivity index (χ4v) is 2.31. The molecule has 2 rings (SSSR count). The second kappa shape index (κ2) is 5.66. The number of amidine groups is 1. The van der Waals surface area contributed by atoms with Crippen LogP contribution in [0.1, 0.15) is 5.56 Å². The highest BCUT2D eigenvalue weighted by Crippen LogP contribution is 2.19. The number of hydrogen-bond acceptors (Lipinski definition) is 4. The zero-order chi connectivity index (χ0) is 12.3. The van der Waals surface area contributed by atoms with Crippen LogP contribution < -0.4 is 5.32 Å². The Kier molecular flexibility index (Phi) is 4.20. The van der Waals surface area contributed by atoms with Crippen molar-refractivity contribution in [3.63, 3.8) is 0 Å². The van der Waals surface area contributed by atoms with E-state index in [4.69, 9.17) is 11.6 Å². The van der Waals surface area contributed by atoms with Crippen LogP contribution in [0.5, 0.6) is 0 Å². The molecule has 0 unspecified atom stereocenters. The van der Waals surface area contributed by atoms with Crippen molar-refractivity contribution in [1.82, 2.24) is 5.32 Å². The van der Waals surface area contributed by atoms with Crippen molar-refractivity contribution in [3.8, 4) is 0 Å². The first kappa shape index (κ1) is 12.6. The van der Waals surface area contributed by atoms with E-state index in [-0.39, 0.29) is 5.91 Å². The lowest BCUT2D eigenvalue weighted by atomic mass is 10.2. The molecule has 1 heterocycles. The highest BCUT2D eigenvalue weighted by atomic mass is 79.9. The lowest BCUT2D eigenvalue weighted by Gasteiger charge is -1.97. The Morgan fingerprint density at radius 2 is 2.35 bits per heavy atom. The third-order valence-electron chi connectivity index (χ3n) is 1.89. The van der Waals surface area contributed by atoms with Gasteiger partial charge in [0.2, 0.25) is 5.91 Å². The minimum atomic E-state index is -0.0514. The van der Waals surface area contributed by atoms with Crippen LogP contribution in [0.3, 0.4) is 0 Å². The minimum absolute atomic E-state index is 0.0514. The number of halogens is 2. The molecule has 1 N–H and O–H groups in total. The zero-order valence-corrected chi connectivity index (χ0v) is 11.6. The molecule has 0 radical (unpaired) electrons. The molecular formula is C10H7BrClN3OS. The average Bonchev–Trinajstić information content (AvgIpc) is 2.69. The van der Waals surface area contributed by atoms with Gasteiger partial charge in [-0.05, 0) is 18.2 Å². The molecule has 1 amide bonds. The van der Waals surface area contributed by atoms with Gasteiger partial charge in [-0.1, -0.05) is 39.3 Å². The van der Waals surface area contributed by atoms with Crippen molar-refractivity contribution in [2.45, 2.75) is 0 Å². The molecule has 1 aromatic carbocycles. The van der Waals surface area contributed by atoms with E-state index in [0.29, 0.717) is 15.9 Å². The topological polar surface area (TPSA) is 53.8 Å². The summed E-state index contributed by atoms with van der Waals surface area (Å²) in [7, 11) is 0. The molecular weight excluding hydrogens is 326 g/mol. The molecule has 1 saturated heterocycles. The molecule has 1 aliphatic heterocycles. The van der Waals surface area contributed by atoms with E-state index in [1.54, 1.807) is 12.3 Å². The van der Waals surface area contributed by atoms with E-state index in [0.717, 1.165) is 10.0 Å². The van der Waals surface area contributed by atoms with E-state index < -0.39 is 0 Å².